The van der Waals surface area contributed by atoms with Crippen molar-refractivity contribution in [2.45, 2.75) is 25.9 Å². The zero-order valence-electron chi connectivity index (χ0n) is 16.6. The summed E-state index contributed by atoms with van der Waals surface area (Å²) in [6, 6.07) is 10.1. The van der Waals surface area contributed by atoms with Crippen LogP contribution in [0.25, 0.3) is 5.76 Å². The molecule has 0 aliphatic carbocycles. The first-order valence-electron chi connectivity index (χ1n) is 9.77. The number of Topliss-reactive ketones (excluding diaryl/α,β-unsaturated/α-hetero) is 1. The van der Waals surface area contributed by atoms with E-state index in [1.54, 1.807) is 49.2 Å². The minimum Gasteiger partial charge on any atom is -0.507 e. The third-order valence-corrected chi connectivity index (χ3v) is 5.26. The van der Waals surface area contributed by atoms with Crippen LogP contribution < -0.4 is 0 Å². The molecule has 1 amide bonds. The summed E-state index contributed by atoms with van der Waals surface area (Å²) in [5.74, 6) is -1.43. The summed E-state index contributed by atoms with van der Waals surface area (Å²) in [6.07, 6.45) is 9.15. The minimum absolute atomic E-state index is 0.109. The van der Waals surface area contributed by atoms with Crippen LogP contribution in [0.1, 0.15) is 29.2 Å². The molecule has 7 heteroatoms. The normalized spacial score (nSPS) is 18.2. The largest absolute Gasteiger partial charge is 0.507 e. The first-order valence-corrected chi connectivity index (χ1v) is 9.77. The highest BCUT2D eigenvalue weighted by atomic mass is 16.3. The van der Waals surface area contributed by atoms with E-state index >= 15 is 0 Å². The van der Waals surface area contributed by atoms with Crippen molar-refractivity contribution >= 4 is 17.4 Å². The molecule has 0 spiro atoms. The van der Waals surface area contributed by atoms with Crippen molar-refractivity contribution < 1.29 is 14.7 Å². The van der Waals surface area contributed by atoms with Gasteiger partial charge in [-0.15, -0.1) is 0 Å². The predicted octanol–water partition coefficient (Wildman–Crippen LogP) is 3.10. The van der Waals surface area contributed by atoms with E-state index in [9.17, 15) is 14.7 Å². The summed E-state index contributed by atoms with van der Waals surface area (Å²) >= 11 is 0. The Balaban J connectivity index is 1.71. The molecule has 1 N–H and O–H groups in total. The topological polar surface area (TPSA) is 88.3 Å². The number of aromatic nitrogens is 3. The molecule has 1 aliphatic rings. The van der Waals surface area contributed by atoms with E-state index in [1.165, 1.54) is 4.90 Å². The number of aliphatic hydroxyl groups is 1. The number of likely N-dealkylation sites (tertiary alicyclic amines) is 1. The standard InChI is InChI=1S/C23H22N4O3/c1-16-3-5-18(6-4-16)21(28)19-20(17-7-9-24-10-8-17)27(23(30)22(19)29)13-2-12-26-14-11-25-15-26/h3-11,14-15,20,28H,2,12-13H2,1H3/b21-19+. The Morgan fingerprint density at radius 1 is 1.00 bits per heavy atom. The van der Waals surface area contributed by atoms with E-state index in [-0.39, 0.29) is 11.3 Å². The number of hydrogen-bond acceptors (Lipinski definition) is 5. The number of carbonyl (C=O) groups excluding carboxylic acids is 2. The summed E-state index contributed by atoms with van der Waals surface area (Å²) in [5, 5.41) is 11.0. The Morgan fingerprint density at radius 3 is 2.40 bits per heavy atom. The average molecular weight is 402 g/mol. The van der Waals surface area contributed by atoms with Crippen molar-refractivity contribution in [3.05, 3.63) is 89.8 Å². The van der Waals surface area contributed by atoms with Crippen LogP contribution in [-0.4, -0.2) is 42.8 Å². The molecule has 1 unspecified atom stereocenters. The quantitative estimate of drug-likeness (QED) is 0.389. The van der Waals surface area contributed by atoms with Crippen molar-refractivity contribution in [1.29, 1.82) is 0 Å². The predicted molar refractivity (Wildman–Crippen MR) is 111 cm³/mol. The van der Waals surface area contributed by atoms with E-state index in [0.717, 1.165) is 11.1 Å². The van der Waals surface area contributed by atoms with Crippen LogP contribution in [0, 0.1) is 6.92 Å². The Labute approximate surface area is 174 Å². The monoisotopic (exact) mass is 402 g/mol. The molecule has 1 fully saturated rings. The molecule has 4 rings (SSSR count). The zero-order chi connectivity index (χ0) is 21.1. The fraction of sp³-hybridized carbons (Fsp3) is 0.217. The molecule has 3 aromatic rings. The molecule has 7 nitrogen and oxygen atoms in total. The Kier molecular flexibility index (Phi) is 5.43. The second-order valence-electron chi connectivity index (χ2n) is 7.29. The third-order valence-electron chi connectivity index (χ3n) is 5.26. The number of ketones is 1. The molecule has 1 atom stereocenters. The van der Waals surface area contributed by atoms with Gasteiger partial charge in [-0.05, 0) is 31.0 Å². The van der Waals surface area contributed by atoms with Gasteiger partial charge in [0.2, 0.25) is 0 Å². The number of amides is 1. The molecule has 2 aromatic heterocycles. The van der Waals surface area contributed by atoms with Crippen LogP contribution in [0.2, 0.25) is 0 Å². The Morgan fingerprint density at radius 2 is 1.73 bits per heavy atom. The van der Waals surface area contributed by atoms with E-state index in [4.69, 9.17) is 0 Å². The fourth-order valence-electron chi connectivity index (χ4n) is 3.71. The molecule has 1 aromatic carbocycles. The van der Waals surface area contributed by atoms with Gasteiger partial charge < -0.3 is 14.6 Å². The number of rotatable bonds is 6. The maximum Gasteiger partial charge on any atom is 0.295 e. The zero-order valence-corrected chi connectivity index (χ0v) is 16.6. The number of imidazole rings is 1. The third kappa shape index (κ3) is 3.74. The number of carbonyl (C=O) groups is 2. The molecule has 3 heterocycles. The molecule has 0 saturated carbocycles. The molecule has 1 aliphatic heterocycles. The van der Waals surface area contributed by atoms with Crippen molar-refractivity contribution in [3.63, 3.8) is 0 Å². The van der Waals surface area contributed by atoms with Crippen LogP contribution in [0.3, 0.4) is 0 Å². The Bertz CT molecular complexity index is 1070. The van der Waals surface area contributed by atoms with Gasteiger partial charge in [0.25, 0.3) is 11.7 Å². The maximum absolute atomic E-state index is 12.9. The summed E-state index contributed by atoms with van der Waals surface area (Å²) in [4.78, 5) is 35.4. The fourth-order valence-corrected chi connectivity index (χ4v) is 3.71. The summed E-state index contributed by atoms with van der Waals surface area (Å²) < 4.78 is 1.92. The van der Waals surface area contributed by atoms with Crippen LogP contribution in [0.4, 0.5) is 0 Å². The van der Waals surface area contributed by atoms with Gasteiger partial charge in [0.15, 0.2) is 0 Å². The van der Waals surface area contributed by atoms with Crippen molar-refractivity contribution in [2.24, 2.45) is 0 Å². The van der Waals surface area contributed by atoms with Gasteiger partial charge in [0, 0.05) is 43.4 Å². The Hall–Kier alpha value is -3.74. The number of hydrogen-bond donors (Lipinski definition) is 1. The first-order chi connectivity index (χ1) is 14.6. The molecule has 30 heavy (non-hydrogen) atoms. The second kappa shape index (κ2) is 8.32. The van der Waals surface area contributed by atoms with Crippen LogP contribution in [0.15, 0.2) is 73.1 Å². The van der Waals surface area contributed by atoms with Crippen LogP contribution in [-0.2, 0) is 16.1 Å². The van der Waals surface area contributed by atoms with Crippen molar-refractivity contribution in [1.82, 2.24) is 19.4 Å². The van der Waals surface area contributed by atoms with Gasteiger partial charge in [-0.3, -0.25) is 14.6 Å². The highest BCUT2D eigenvalue weighted by Crippen LogP contribution is 2.39. The second-order valence-corrected chi connectivity index (χ2v) is 7.29. The summed E-state index contributed by atoms with van der Waals surface area (Å²) in [7, 11) is 0. The van der Waals surface area contributed by atoms with Gasteiger partial charge in [-0.2, -0.15) is 0 Å². The SMILES string of the molecule is Cc1ccc(/C(O)=C2\C(=O)C(=O)N(CCCn3ccnc3)C2c2ccncc2)cc1. The lowest BCUT2D eigenvalue weighted by atomic mass is 9.95. The van der Waals surface area contributed by atoms with E-state index in [0.29, 0.717) is 25.1 Å². The highest BCUT2D eigenvalue weighted by Gasteiger charge is 2.45. The van der Waals surface area contributed by atoms with Gasteiger partial charge in [0.1, 0.15) is 5.76 Å². The molecular weight excluding hydrogens is 380 g/mol. The van der Waals surface area contributed by atoms with Gasteiger partial charge in [0.05, 0.1) is 17.9 Å². The lowest BCUT2D eigenvalue weighted by Gasteiger charge is -2.25. The maximum atomic E-state index is 12.9. The van der Waals surface area contributed by atoms with E-state index in [1.807, 2.05) is 29.8 Å². The molecule has 0 radical (unpaired) electrons. The average Bonchev–Trinajstić information content (AvgIpc) is 3.37. The number of aliphatic hydroxyl groups excluding tert-OH is 1. The van der Waals surface area contributed by atoms with Crippen molar-refractivity contribution in [3.8, 4) is 0 Å². The number of pyridine rings is 1. The minimum atomic E-state index is -0.669. The molecule has 1 saturated heterocycles. The molecule has 152 valence electrons. The van der Waals surface area contributed by atoms with Gasteiger partial charge in [-0.25, -0.2) is 4.98 Å². The smallest absolute Gasteiger partial charge is 0.295 e. The van der Waals surface area contributed by atoms with E-state index in [2.05, 4.69) is 9.97 Å². The first kappa shape index (κ1) is 19.6. The number of nitrogens with zero attached hydrogens (tertiary/aromatic N) is 4. The number of aryl methyl sites for hydroxylation is 2. The lowest BCUT2D eigenvalue weighted by Crippen LogP contribution is -2.31. The molecule has 0 bridgehead atoms. The summed E-state index contributed by atoms with van der Waals surface area (Å²) in [5.41, 5.74) is 2.39. The van der Waals surface area contributed by atoms with Crippen LogP contribution >= 0.6 is 0 Å². The highest BCUT2D eigenvalue weighted by molar-refractivity contribution is 6.46. The lowest BCUT2D eigenvalue weighted by molar-refractivity contribution is -0.139. The van der Waals surface area contributed by atoms with Crippen LogP contribution in [0.5, 0.6) is 0 Å². The van der Waals surface area contributed by atoms with E-state index < -0.39 is 17.7 Å². The van der Waals surface area contributed by atoms with Gasteiger partial charge in [-0.1, -0.05) is 29.8 Å². The van der Waals surface area contributed by atoms with Gasteiger partial charge >= 0.3 is 0 Å². The van der Waals surface area contributed by atoms with Crippen molar-refractivity contribution in [2.75, 3.05) is 6.54 Å². The number of benzene rings is 1. The molecular formula is C23H22N4O3. The summed E-state index contributed by atoms with van der Waals surface area (Å²) in [6.45, 7) is 2.99.